The second-order valence-electron chi connectivity index (χ2n) is 3.52. The van der Waals surface area contributed by atoms with Gasteiger partial charge in [0, 0.05) is 31.3 Å². The van der Waals surface area contributed by atoms with Crippen LogP contribution in [0.25, 0.3) is 0 Å². The smallest absolute Gasteiger partial charge is 0.252 e. The summed E-state index contributed by atoms with van der Waals surface area (Å²) < 4.78 is 30.7. The standard InChI is InChI=1S/C9H16N2O3S2/c1-7(5-14-3)11(2)16(12,13)9-4-8(10)6-15-9/h4,6-7H,5,10H2,1-3H3. The maximum atomic E-state index is 12.1. The van der Waals surface area contributed by atoms with Crippen molar-refractivity contribution < 1.29 is 13.2 Å². The average Bonchev–Trinajstić information content (AvgIpc) is 2.64. The summed E-state index contributed by atoms with van der Waals surface area (Å²) in [6.07, 6.45) is 0. The second-order valence-corrected chi connectivity index (χ2v) is 6.66. The van der Waals surface area contributed by atoms with E-state index in [1.165, 1.54) is 17.4 Å². The van der Waals surface area contributed by atoms with Gasteiger partial charge in [-0.25, -0.2) is 8.42 Å². The van der Waals surface area contributed by atoms with Crippen LogP contribution in [0.15, 0.2) is 15.7 Å². The molecule has 1 aromatic rings. The van der Waals surface area contributed by atoms with Crippen molar-refractivity contribution in [1.29, 1.82) is 0 Å². The number of thiophene rings is 1. The number of methoxy groups -OCH3 is 1. The van der Waals surface area contributed by atoms with Gasteiger partial charge in [-0.1, -0.05) is 0 Å². The molecule has 1 atom stereocenters. The van der Waals surface area contributed by atoms with E-state index in [0.29, 0.717) is 12.3 Å². The van der Waals surface area contributed by atoms with Crippen molar-refractivity contribution in [3.8, 4) is 0 Å². The zero-order chi connectivity index (χ0) is 12.3. The molecule has 0 fully saturated rings. The number of ether oxygens (including phenoxy) is 1. The molecular formula is C9H16N2O3S2. The Morgan fingerprint density at radius 3 is 2.69 bits per heavy atom. The molecule has 0 spiro atoms. The summed E-state index contributed by atoms with van der Waals surface area (Å²) in [7, 11) is -0.369. The SMILES string of the molecule is COCC(C)N(C)S(=O)(=O)c1cc(N)cs1. The molecule has 5 nitrogen and oxygen atoms in total. The summed E-state index contributed by atoms with van der Waals surface area (Å²) in [4.78, 5) is 0. The number of likely N-dealkylation sites (N-methyl/N-ethyl adjacent to an activating group) is 1. The van der Waals surface area contributed by atoms with E-state index in [1.54, 1.807) is 19.4 Å². The second kappa shape index (κ2) is 5.13. The molecule has 0 saturated carbocycles. The van der Waals surface area contributed by atoms with Crippen molar-refractivity contribution in [3.05, 3.63) is 11.4 Å². The summed E-state index contributed by atoms with van der Waals surface area (Å²) in [5, 5.41) is 1.61. The van der Waals surface area contributed by atoms with Gasteiger partial charge in [0.2, 0.25) is 0 Å². The van der Waals surface area contributed by atoms with E-state index in [-0.39, 0.29) is 10.3 Å². The molecule has 0 amide bonds. The van der Waals surface area contributed by atoms with E-state index in [1.807, 2.05) is 0 Å². The number of rotatable bonds is 5. The van der Waals surface area contributed by atoms with Gasteiger partial charge in [-0.05, 0) is 13.0 Å². The highest BCUT2D eigenvalue weighted by atomic mass is 32.2. The van der Waals surface area contributed by atoms with Crippen LogP contribution in [-0.4, -0.2) is 39.5 Å². The minimum atomic E-state index is -3.45. The Bertz CT molecular complexity index is 441. The number of anilines is 1. The summed E-state index contributed by atoms with van der Waals surface area (Å²) in [6, 6.07) is 1.26. The normalized spacial score (nSPS) is 14.2. The van der Waals surface area contributed by atoms with E-state index < -0.39 is 10.0 Å². The van der Waals surface area contributed by atoms with Crippen molar-refractivity contribution in [3.63, 3.8) is 0 Å². The van der Waals surface area contributed by atoms with Crippen LogP contribution in [0.4, 0.5) is 5.69 Å². The number of nitrogens with zero attached hydrogens (tertiary/aromatic N) is 1. The Morgan fingerprint density at radius 2 is 2.25 bits per heavy atom. The van der Waals surface area contributed by atoms with Crippen molar-refractivity contribution in [1.82, 2.24) is 4.31 Å². The van der Waals surface area contributed by atoms with Crippen LogP contribution >= 0.6 is 11.3 Å². The van der Waals surface area contributed by atoms with Gasteiger partial charge in [-0.3, -0.25) is 0 Å². The minimum Gasteiger partial charge on any atom is -0.398 e. The molecule has 0 aliphatic heterocycles. The molecule has 2 N–H and O–H groups in total. The highest BCUT2D eigenvalue weighted by Crippen LogP contribution is 2.25. The zero-order valence-electron chi connectivity index (χ0n) is 9.50. The number of hydrogen-bond acceptors (Lipinski definition) is 5. The molecule has 1 rings (SSSR count). The molecule has 0 aliphatic rings. The molecule has 0 radical (unpaired) electrons. The first-order chi connectivity index (χ1) is 7.39. The first-order valence-electron chi connectivity index (χ1n) is 4.70. The van der Waals surface area contributed by atoms with Crippen molar-refractivity contribution in [2.45, 2.75) is 17.2 Å². The summed E-state index contributed by atoms with van der Waals surface area (Å²) in [6.45, 7) is 2.15. The summed E-state index contributed by atoms with van der Waals surface area (Å²) in [5.41, 5.74) is 5.98. The fourth-order valence-electron chi connectivity index (χ4n) is 1.19. The molecule has 1 heterocycles. The van der Waals surface area contributed by atoms with Crippen molar-refractivity contribution in [2.24, 2.45) is 0 Å². The predicted molar refractivity (Wildman–Crippen MR) is 65.0 cm³/mol. The molecule has 1 unspecified atom stereocenters. The largest absolute Gasteiger partial charge is 0.398 e. The van der Waals surface area contributed by atoms with E-state index >= 15 is 0 Å². The van der Waals surface area contributed by atoms with Gasteiger partial charge in [0.05, 0.1) is 6.61 Å². The number of sulfonamides is 1. The molecular weight excluding hydrogens is 248 g/mol. The Kier molecular flexibility index (Phi) is 4.31. The maximum absolute atomic E-state index is 12.1. The van der Waals surface area contributed by atoms with Crippen LogP contribution in [0.2, 0.25) is 0 Å². The topological polar surface area (TPSA) is 72.6 Å². The van der Waals surface area contributed by atoms with Crippen LogP contribution in [0.5, 0.6) is 0 Å². The Hall–Kier alpha value is -0.630. The van der Waals surface area contributed by atoms with Gasteiger partial charge in [0.25, 0.3) is 10.0 Å². The zero-order valence-corrected chi connectivity index (χ0v) is 11.1. The van der Waals surface area contributed by atoms with Gasteiger partial charge in [0.15, 0.2) is 0 Å². The van der Waals surface area contributed by atoms with Gasteiger partial charge >= 0.3 is 0 Å². The molecule has 0 bridgehead atoms. The number of nitrogen functional groups attached to an aromatic ring is 1. The van der Waals surface area contributed by atoms with E-state index in [4.69, 9.17) is 10.5 Å². The lowest BCUT2D eigenvalue weighted by Crippen LogP contribution is -2.37. The highest BCUT2D eigenvalue weighted by molar-refractivity contribution is 7.91. The minimum absolute atomic E-state index is 0.210. The average molecular weight is 264 g/mol. The lowest BCUT2D eigenvalue weighted by molar-refractivity contribution is 0.149. The first-order valence-corrected chi connectivity index (χ1v) is 7.02. The monoisotopic (exact) mass is 264 g/mol. The predicted octanol–water partition coefficient (Wildman–Crippen LogP) is 0.986. The van der Waals surface area contributed by atoms with Crippen LogP contribution < -0.4 is 5.73 Å². The number of nitrogens with two attached hydrogens (primary N) is 1. The quantitative estimate of drug-likeness (QED) is 0.860. The Balaban J connectivity index is 2.94. The van der Waals surface area contributed by atoms with Crippen LogP contribution in [0, 0.1) is 0 Å². The maximum Gasteiger partial charge on any atom is 0.252 e. The van der Waals surface area contributed by atoms with Gasteiger partial charge < -0.3 is 10.5 Å². The van der Waals surface area contributed by atoms with E-state index in [9.17, 15) is 8.42 Å². The third kappa shape index (κ3) is 2.73. The summed E-state index contributed by atoms with van der Waals surface area (Å²) >= 11 is 1.12. The molecule has 92 valence electrons. The van der Waals surface area contributed by atoms with Crippen LogP contribution in [0.3, 0.4) is 0 Å². The van der Waals surface area contributed by atoms with E-state index in [2.05, 4.69) is 0 Å². The summed E-state index contributed by atoms with van der Waals surface area (Å²) in [5.74, 6) is 0. The molecule has 0 aliphatic carbocycles. The van der Waals surface area contributed by atoms with Crippen LogP contribution in [-0.2, 0) is 14.8 Å². The molecule has 0 aromatic carbocycles. The number of hydrogen-bond donors (Lipinski definition) is 1. The fourth-order valence-corrected chi connectivity index (χ4v) is 3.80. The van der Waals surface area contributed by atoms with Gasteiger partial charge in [-0.15, -0.1) is 11.3 Å². The first kappa shape index (κ1) is 13.4. The third-order valence-corrected chi connectivity index (χ3v) is 5.66. The van der Waals surface area contributed by atoms with Gasteiger partial charge in [-0.2, -0.15) is 4.31 Å². The van der Waals surface area contributed by atoms with Crippen LogP contribution in [0.1, 0.15) is 6.92 Å². The Labute approximate surface area is 99.9 Å². The lowest BCUT2D eigenvalue weighted by Gasteiger charge is -2.22. The molecule has 1 aromatic heterocycles. The van der Waals surface area contributed by atoms with Gasteiger partial charge in [0.1, 0.15) is 4.21 Å². The van der Waals surface area contributed by atoms with Crippen molar-refractivity contribution >= 4 is 27.0 Å². The third-order valence-electron chi connectivity index (χ3n) is 2.26. The van der Waals surface area contributed by atoms with E-state index in [0.717, 1.165) is 11.3 Å². The molecule has 0 saturated heterocycles. The molecule has 16 heavy (non-hydrogen) atoms. The lowest BCUT2D eigenvalue weighted by atomic mass is 10.4. The van der Waals surface area contributed by atoms with Crippen molar-refractivity contribution in [2.75, 3.05) is 26.5 Å². The Morgan fingerprint density at radius 1 is 1.62 bits per heavy atom. The fraction of sp³-hybridized carbons (Fsp3) is 0.556. The molecule has 7 heteroatoms. The highest BCUT2D eigenvalue weighted by Gasteiger charge is 2.26.